The standard InChI is InChI=1S/C56H87NO15/c1-34-15-11-10-12-16-35(2)47(70-33-42-31-68-32-42)29-43-20-18-40(7)56(65,72-43)53(62)54(63)57-22-14-13-17-44(57)55(64)71-48(37(4)27-41-19-21-46(69-24-23-58)49(28-41)66-8)30-45(59)36(3)26-39(6)51(61)52(67-9)50(60)38(5)25-34/h10-12,15-16,26,34,36-38,40-44,46-49,51-52,58,61,65H,13-14,17-25,27-33H2,1-9H3/b12-10+,15-11+,35-16+,39-26+/t34-,36-,37-,38-,40-,41+,43+,44?,46-,47?,48+,49-,51-,52+,56-/m1/s1. The van der Waals surface area contributed by atoms with Crippen LogP contribution >= 0.6 is 0 Å². The first-order valence-corrected chi connectivity index (χ1v) is 26.7. The molecule has 1 aliphatic carbocycles. The third kappa shape index (κ3) is 16.0. The van der Waals surface area contributed by atoms with Gasteiger partial charge in [-0.3, -0.25) is 19.2 Å². The second-order valence-corrected chi connectivity index (χ2v) is 21.7. The average molecular weight is 1010 g/mol. The lowest BCUT2D eigenvalue weighted by molar-refractivity contribution is -0.266. The van der Waals surface area contributed by atoms with Gasteiger partial charge in [-0.25, -0.2) is 4.79 Å². The zero-order chi connectivity index (χ0) is 52.7. The number of aliphatic hydroxyl groups is 3. The SMILES string of the molecule is CO[C@@H]1C[C@H](C[C@@H](C)[C@@H]2CC(=O)[C@H](C)/C=C(\C)[C@@H](O)[C@@H](OC)C(=O)[C@H](C)C[C@H](C)/C=C/C=C/C=C(\C)C(OCC3COC3)C[C@@H]3CC[C@@H](C)[C@@](O)(O3)C(=O)C(=O)N3CCCCC3C(=O)O2)CC[C@H]1OCCO. The van der Waals surface area contributed by atoms with Crippen LogP contribution in [0.5, 0.6) is 0 Å². The number of esters is 1. The van der Waals surface area contributed by atoms with Crippen molar-refractivity contribution in [3.8, 4) is 0 Å². The van der Waals surface area contributed by atoms with Gasteiger partial charge in [0.05, 0.1) is 57.5 Å². The van der Waals surface area contributed by atoms with Crippen molar-refractivity contribution >= 4 is 29.2 Å². The lowest BCUT2D eigenvalue weighted by atomic mass is 9.78. The Labute approximate surface area is 428 Å². The Morgan fingerprint density at radius 2 is 1.60 bits per heavy atom. The highest BCUT2D eigenvalue weighted by Crippen LogP contribution is 2.38. The number of Topliss-reactive ketones (excluding diaryl/α,β-unsaturated/α-hetero) is 3. The molecule has 4 heterocycles. The topological polar surface area (TPSA) is 214 Å². The van der Waals surface area contributed by atoms with E-state index < -0.39 is 77.8 Å². The van der Waals surface area contributed by atoms with E-state index in [2.05, 4.69) is 0 Å². The molecule has 72 heavy (non-hydrogen) atoms. The fourth-order valence-electron chi connectivity index (χ4n) is 11.0. The van der Waals surface area contributed by atoms with E-state index >= 15 is 0 Å². The van der Waals surface area contributed by atoms with Crippen molar-refractivity contribution in [2.75, 3.05) is 53.8 Å². The summed E-state index contributed by atoms with van der Waals surface area (Å²) in [6, 6.07) is -1.15. The molecule has 1 saturated carbocycles. The number of aliphatic hydroxyl groups excluding tert-OH is 2. The number of hydrogen-bond acceptors (Lipinski definition) is 15. The van der Waals surface area contributed by atoms with Gasteiger partial charge < -0.3 is 53.4 Å². The number of cyclic esters (lactones) is 1. The number of rotatable bonds is 11. The van der Waals surface area contributed by atoms with Crippen LogP contribution in [-0.2, 0) is 57.1 Å². The second-order valence-electron chi connectivity index (χ2n) is 21.7. The smallest absolute Gasteiger partial charge is 0.329 e. The van der Waals surface area contributed by atoms with E-state index in [0.29, 0.717) is 83.2 Å². The van der Waals surface area contributed by atoms with Gasteiger partial charge in [-0.15, -0.1) is 0 Å². The Hall–Kier alpha value is -3.45. The van der Waals surface area contributed by atoms with E-state index in [9.17, 15) is 39.3 Å². The largest absolute Gasteiger partial charge is 0.460 e. The zero-order valence-electron chi connectivity index (χ0n) is 44.5. The van der Waals surface area contributed by atoms with Gasteiger partial charge in [-0.2, -0.15) is 0 Å². The number of amides is 1. The van der Waals surface area contributed by atoms with Crippen molar-refractivity contribution in [3.63, 3.8) is 0 Å². The molecule has 3 N–H and O–H groups in total. The molecule has 3 saturated heterocycles. The molecule has 0 spiro atoms. The Bertz CT molecular complexity index is 1930. The van der Waals surface area contributed by atoms with E-state index in [4.69, 9.17) is 33.2 Å². The molecule has 5 aliphatic rings. The van der Waals surface area contributed by atoms with E-state index in [1.165, 1.54) is 12.0 Å². The molecule has 406 valence electrons. The maximum absolute atomic E-state index is 14.6. The summed E-state index contributed by atoms with van der Waals surface area (Å²) in [6.07, 6.45) is 12.0. The van der Waals surface area contributed by atoms with Crippen LogP contribution in [0.3, 0.4) is 0 Å². The molecule has 1 amide bonds. The Kier molecular flexibility index (Phi) is 23.5. The third-order valence-corrected chi connectivity index (χ3v) is 15.8. The minimum Gasteiger partial charge on any atom is -0.460 e. The molecule has 4 aliphatic heterocycles. The molecule has 16 heteroatoms. The van der Waals surface area contributed by atoms with Gasteiger partial charge in [0.2, 0.25) is 5.79 Å². The lowest BCUT2D eigenvalue weighted by Crippen LogP contribution is -2.61. The first kappa shape index (κ1) is 59.4. The number of allylic oxidation sites excluding steroid dienone is 6. The zero-order valence-corrected chi connectivity index (χ0v) is 44.5. The van der Waals surface area contributed by atoms with Crippen LogP contribution in [0.1, 0.15) is 126 Å². The number of carbonyl (C=O) groups is 5. The van der Waals surface area contributed by atoms with Gasteiger partial charge >= 0.3 is 5.97 Å². The molecule has 2 unspecified atom stereocenters. The van der Waals surface area contributed by atoms with Crippen molar-refractivity contribution < 1.29 is 72.5 Å². The quantitative estimate of drug-likeness (QED) is 0.119. The number of hydrogen-bond donors (Lipinski definition) is 3. The fourth-order valence-corrected chi connectivity index (χ4v) is 11.0. The summed E-state index contributed by atoms with van der Waals surface area (Å²) in [6.45, 7) is 14.6. The summed E-state index contributed by atoms with van der Waals surface area (Å²) < 4.78 is 41.8. The first-order valence-electron chi connectivity index (χ1n) is 26.7. The summed E-state index contributed by atoms with van der Waals surface area (Å²) in [5.74, 6) is -7.79. The number of piperidine rings is 1. The van der Waals surface area contributed by atoms with Crippen LogP contribution < -0.4 is 0 Å². The fraction of sp³-hybridized carbons (Fsp3) is 0.768. The van der Waals surface area contributed by atoms with Crippen LogP contribution in [0, 0.1) is 41.4 Å². The average Bonchev–Trinajstić information content (AvgIpc) is 3.34. The lowest BCUT2D eigenvalue weighted by Gasteiger charge is -2.43. The number of fused-ring (bicyclic) bond motifs is 3. The molecule has 16 nitrogen and oxygen atoms in total. The highest BCUT2D eigenvalue weighted by atomic mass is 16.6. The van der Waals surface area contributed by atoms with Crippen molar-refractivity contribution in [1.82, 2.24) is 4.90 Å². The molecule has 0 aromatic rings. The summed E-state index contributed by atoms with van der Waals surface area (Å²) in [5, 5.41) is 33.0. The maximum atomic E-state index is 14.6. The molecule has 0 aromatic heterocycles. The Morgan fingerprint density at radius 1 is 0.847 bits per heavy atom. The van der Waals surface area contributed by atoms with E-state index in [1.54, 1.807) is 34.0 Å². The van der Waals surface area contributed by atoms with Crippen LogP contribution in [0.4, 0.5) is 0 Å². The number of ether oxygens (including phenoxy) is 7. The highest BCUT2D eigenvalue weighted by molar-refractivity contribution is 6.39. The number of nitrogens with zero attached hydrogens (tertiary/aromatic N) is 1. The number of ketones is 3. The first-order chi connectivity index (χ1) is 34.3. The molecule has 15 atom stereocenters. The normalized spacial score (nSPS) is 38.9. The predicted octanol–water partition coefficient (Wildman–Crippen LogP) is 6.21. The molecule has 5 rings (SSSR count). The molecule has 0 aromatic carbocycles. The van der Waals surface area contributed by atoms with Crippen LogP contribution in [0.15, 0.2) is 47.6 Å². The Morgan fingerprint density at radius 3 is 2.28 bits per heavy atom. The van der Waals surface area contributed by atoms with Gasteiger partial charge in [0.15, 0.2) is 5.78 Å². The third-order valence-electron chi connectivity index (χ3n) is 15.8. The van der Waals surface area contributed by atoms with E-state index in [-0.39, 0.29) is 80.0 Å². The number of methoxy groups -OCH3 is 2. The van der Waals surface area contributed by atoms with Crippen LogP contribution in [0.2, 0.25) is 0 Å². The van der Waals surface area contributed by atoms with E-state index in [0.717, 1.165) is 12.0 Å². The molecule has 4 fully saturated rings. The maximum Gasteiger partial charge on any atom is 0.329 e. The van der Waals surface area contributed by atoms with Crippen molar-refractivity contribution in [2.24, 2.45) is 41.4 Å². The molecular formula is C56H87NO15. The minimum atomic E-state index is -2.45. The molecular weight excluding hydrogens is 927 g/mol. The van der Waals surface area contributed by atoms with Crippen LogP contribution in [-0.4, -0.2) is 158 Å². The van der Waals surface area contributed by atoms with Crippen LogP contribution in [0.25, 0.3) is 0 Å². The summed E-state index contributed by atoms with van der Waals surface area (Å²) in [4.78, 5) is 72.7. The summed E-state index contributed by atoms with van der Waals surface area (Å²) in [5.41, 5.74) is 1.28. The second kappa shape index (κ2) is 28.4. The van der Waals surface area contributed by atoms with Crippen molar-refractivity contribution in [2.45, 2.75) is 180 Å². The van der Waals surface area contributed by atoms with Gasteiger partial charge in [0.1, 0.15) is 30.1 Å². The summed E-state index contributed by atoms with van der Waals surface area (Å²) >= 11 is 0. The van der Waals surface area contributed by atoms with Crippen molar-refractivity contribution in [3.05, 3.63) is 47.6 Å². The predicted molar refractivity (Wildman–Crippen MR) is 269 cm³/mol. The molecule has 2 bridgehead atoms. The highest BCUT2D eigenvalue weighted by Gasteiger charge is 2.53. The van der Waals surface area contributed by atoms with E-state index in [1.807, 2.05) is 58.1 Å². The summed E-state index contributed by atoms with van der Waals surface area (Å²) in [7, 11) is 3.01. The van der Waals surface area contributed by atoms with Gasteiger partial charge in [0.25, 0.3) is 11.7 Å². The van der Waals surface area contributed by atoms with Crippen molar-refractivity contribution in [1.29, 1.82) is 0 Å². The molecule has 0 radical (unpaired) electrons. The van der Waals surface area contributed by atoms with Gasteiger partial charge in [-0.1, -0.05) is 71.1 Å². The van der Waals surface area contributed by atoms with Gasteiger partial charge in [0, 0.05) is 57.3 Å². The monoisotopic (exact) mass is 1010 g/mol. The Balaban J connectivity index is 1.47. The number of carbonyl (C=O) groups excluding carboxylic acids is 5. The van der Waals surface area contributed by atoms with Gasteiger partial charge in [-0.05, 0) is 107 Å². The minimum absolute atomic E-state index is 0.00566.